The minimum Gasteiger partial charge on any atom is -0.497 e. The zero-order chi connectivity index (χ0) is 21.4. The molecule has 178 valence electrons. The molecule has 0 amide bonds. The van der Waals surface area contributed by atoms with E-state index in [0.717, 1.165) is 50.9 Å². The molecule has 2 N–H and O–H groups in total. The first kappa shape index (κ1) is 27.9. The van der Waals surface area contributed by atoms with Gasteiger partial charge >= 0.3 is 0 Å². The lowest BCUT2D eigenvalue weighted by Crippen LogP contribution is -2.44. The standard InChI is InChI=1S/C23H41N5O2.HI/c1-4-30-19-7-13-25-23(26-20-21-8-10-22(29-3)11-9-21)24-12-5-6-14-28-17-15-27(2)16-18-28;/h8-11H,4-7,12-20H2,1-3H3,(H2,24,25,26);1H. The molecule has 0 spiro atoms. The van der Waals surface area contributed by atoms with Gasteiger partial charge in [0.25, 0.3) is 0 Å². The first-order valence-corrected chi connectivity index (χ1v) is 11.3. The number of nitrogens with zero attached hydrogens (tertiary/aromatic N) is 3. The van der Waals surface area contributed by atoms with Gasteiger partial charge in [-0.15, -0.1) is 24.0 Å². The molecule has 0 atom stereocenters. The van der Waals surface area contributed by atoms with Gasteiger partial charge in [-0.05, 0) is 57.5 Å². The summed E-state index contributed by atoms with van der Waals surface area (Å²) in [6.45, 7) is 12.0. The normalized spacial score (nSPS) is 15.4. The molecule has 0 aliphatic carbocycles. The Hall–Kier alpha value is -1.10. The maximum Gasteiger partial charge on any atom is 0.191 e. The van der Waals surface area contributed by atoms with Crippen molar-refractivity contribution < 1.29 is 9.47 Å². The Kier molecular flexibility index (Phi) is 15.7. The van der Waals surface area contributed by atoms with Crippen LogP contribution in [0.4, 0.5) is 0 Å². The van der Waals surface area contributed by atoms with Crippen molar-refractivity contribution in [2.24, 2.45) is 4.99 Å². The van der Waals surface area contributed by atoms with Crippen LogP contribution < -0.4 is 15.4 Å². The second kappa shape index (κ2) is 17.5. The number of rotatable bonds is 13. The van der Waals surface area contributed by atoms with E-state index in [4.69, 9.17) is 14.5 Å². The molecule has 1 heterocycles. The van der Waals surface area contributed by atoms with Crippen molar-refractivity contribution in [3.05, 3.63) is 29.8 Å². The zero-order valence-corrected chi connectivity index (χ0v) is 21.9. The minimum atomic E-state index is 0. The third-order valence-corrected chi connectivity index (χ3v) is 5.33. The molecule has 1 fully saturated rings. The number of likely N-dealkylation sites (N-methyl/N-ethyl adjacent to an activating group) is 1. The van der Waals surface area contributed by atoms with Crippen LogP contribution in [0.1, 0.15) is 31.7 Å². The molecule has 0 aromatic heterocycles. The third-order valence-electron chi connectivity index (χ3n) is 5.33. The summed E-state index contributed by atoms with van der Waals surface area (Å²) in [5.74, 6) is 1.75. The van der Waals surface area contributed by atoms with Gasteiger partial charge in [0.1, 0.15) is 5.75 Å². The molecule has 31 heavy (non-hydrogen) atoms. The van der Waals surface area contributed by atoms with Crippen molar-refractivity contribution in [1.82, 2.24) is 20.4 Å². The molecular formula is C23H42IN5O2. The highest BCUT2D eigenvalue weighted by atomic mass is 127. The fourth-order valence-corrected chi connectivity index (χ4v) is 3.34. The van der Waals surface area contributed by atoms with Crippen LogP contribution in [0.15, 0.2) is 29.3 Å². The summed E-state index contributed by atoms with van der Waals surface area (Å²) in [4.78, 5) is 9.74. The van der Waals surface area contributed by atoms with E-state index >= 15 is 0 Å². The summed E-state index contributed by atoms with van der Waals surface area (Å²) in [5.41, 5.74) is 1.17. The topological polar surface area (TPSA) is 61.4 Å². The monoisotopic (exact) mass is 547 g/mol. The highest BCUT2D eigenvalue weighted by molar-refractivity contribution is 14.0. The molecule has 0 unspecified atom stereocenters. The highest BCUT2D eigenvalue weighted by Gasteiger charge is 2.12. The van der Waals surface area contributed by atoms with Gasteiger partial charge in [-0.25, -0.2) is 4.99 Å². The molecule has 1 aromatic carbocycles. The Bertz CT molecular complexity index is 592. The summed E-state index contributed by atoms with van der Waals surface area (Å²) in [5, 5.41) is 6.93. The molecule has 8 heteroatoms. The van der Waals surface area contributed by atoms with E-state index in [1.54, 1.807) is 7.11 Å². The fourth-order valence-electron chi connectivity index (χ4n) is 3.34. The van der Waals surface area contributed by atoms with Gasteiger partial charge in [0, 0.05) is 52.5 Å². The summed E-state index contributed by atoms with van der Waals surface area (Å²) >= 11 is 0. The summed E-state index contributed by atoms with van der Waals surface area (Å²) < 4.78 is 10.7. The van der Waals surface area contributed by atoms with E-state index in [0.29, 0.717) is 6.54 Å². The SMILES string of the molecule is CCOCCCNC(=NCc1ccc(OC)cc1)NCCCCN1CCN(C)CC1.I. The van der Waals surface area contributed by atoms with Crippen LogP contribution in [0, 0.1) is 0 Å². The molecule has 0 saturated carbocycles. The molecule has 2 rings (SSSR count). The van der Waals surface area contributed by atoms with Gasteiger partial charge in [0.2, 0.25) is 0 Å². The smallest absolute Gasteiger partial charge is 0.191 e. The Morgan fingerprint density at radius 1 is 1.00 bits per heavy atom. The molecule has 0 bridgehead atoms. The molecule has 1 saturated heterocycles. The van der Waals surface area contributed by atoms with Crippen LogP contribution in [-0.4, -0.2) is 88.9 Å². The van der Waals surface area contributed by atoms with Crippen LogP contribution >= 0.6 is 24.0 Å². The molecule has 7 nitrogen and oxygen atoms in total. The van der Waals surface area contributed by atoms with Crippen molar-refractivity contribution in [2.45, 2.75) is 32.7 Å². The molecule has 1 aliphatic heterocycles. The Morgan fingerprint density at radius 3 is 2.32 bits per heavy atom. The second-order valence-corrected chi connectivity index (χ2v) is 7.77. The van der Waals surface area contributed by atoms with Gasteiger partial charge in [0.15, 0.2) is 5.96 Å². The second-order valence-electron chi connectivity index (χ2n) is 7.77. The number of unbranched alkanes of at least 4 members (excludes halogenated alkanes) is 1. The van der Waals surface area contributed by atoms with Crippen LogP contribution in [0.5, 0.6) is 5.75 Å². The Labute approximate surface area is 206 Å². The first-order chi connectivity index (χ1) is 14.7. The van der Waals surface area contributed by atoms with Gasteiger partial charge in [-0.3, -0.25) is 0 Å². The maximum atomic E-state index is 5.42. The number of ether oxygens (including phenoxy) is 2. The molecule has 0 radical (unpaired) electrons. The highest BCUT2D eigenvalue weighted by Crippen LogP contribution is 2.11. The third kappa shape index (κ3) is 12.5. The Morgan fingerprint density at radius 2 is 1.68 bits per heavy atom. The van der Waals surface area contributed by atoms with Crippen LogP contribution in [0.25, 0.3) is 0 Å². The lowest BCUT2D eigenvalue weighted by Gasteiger charge is -2.32. The number of aliphatic imine (C=N–C) groups is 1. The van der Waals surface area contributed by atoms with Gasteiger partial charge in [-0.2, -0.15) is 0 Å². The number of guanidine groups is 1. The lowest BCUT2D eigenvalue weighted by molar-refractivity contribution is 0.145. The van der Waals surface area contributed by atoms with Crippen LogP contribution in [-0.2, 0) is 11.3 Å². The average Bonchev–Trinajstić information content (AvgIpc) is 2.78. The van der Waals surface area contributed by atoms with Gasteiger partial charge < -0.3 is 29.9 Å². The number of hydrogen-bond donors (Lipinski definition) is 2. The van der Waals surface area contributed by atoms with Crippen LogP contribution in [0.3, 0.4) is 0 Å². The maximum absolute atomic E-state index is 5.42. The van der Waals surface area contributed by atoms with Crippen molar-refractivity contribution in [1.29, 1.82) is 0 Å². The molecule has 1 aromatic rings. The van der Waals surface area contributed by atoms with Crippen molar-refractivity contribution in [3.63, 3.8) is 0 Å². The lowest BCUT2D eigenvalue weighted by atomic mass is 10.2. The Balaban J connectivity index is 0.00000480. The van der Waals surface area contributed by atoms with Crippen molar-refractivity contribution >= 4 is 29.9 Å². The molecular weight excluding hydrogens is 505 g/mol. The number of piperazine rings is 1. The number of halogens is 1. The van der Waals surface area contributed by atoms with Gasteiger partial charge in [-0.1, -0.05) is 12.1 Å². The van der Waals surface area contributed by atoms with E-state index in [2.05, 4.69) is 39.6 Å². The molecule has 1 aliphatic rings. The quantitative estimate of drug-likeness (QED) is 0.172. The van der Waals surface area contributed by atoms with E-state index in [1.807, 2.05) is 19.1 Å². The van der Waals surface area contributed by atoms with Crippen molar-refractivity contribution in [2.75, 3.05) is 73.2 Å². The number of methoxy groups -OCH3 is 1. The van der Waals surface area contributed by atoms with E-state index in [1.165, 1.54) is 44.7 Å². The summed E-state index contributed by atoms with van der Waals surface area (Å²) in [7, 11) is 3.89. The largest absolute Gasteiger partial charge is 0.497 e. The minimum absolute atomic E-state index is 0. The summed E-state index contributed by atoms with van der Waals surface area (Å²) in [6, 6.07) is 8.08. The fraction of sp³-hybridized carbons (Fsp3) is 0.696. The zero-order valence-electron chi connectivity index (χ0n) is 19.6. The summed E-state index contributed by atoms with van der Waals surface area (Å²) in [6.07, 6.45) is 3.34. The predicted octanol–water partition coefficient (Wildman–Crippen LogP) is 2.80. The average molecular weight is 548 g/mol. The van der Waals surface area contributed by atoms with E-state index in [9.17, 15) is 0 Å². The number of benzene rings is 1. The predicted molar refractivity (Wildman–Crippen MR) is 140 cm³/mol. The van der Waals surface area contributed by atoms with E-state index in [-0.39, 0.29) is 24.0 Å². The van der Waals surface area contributed by atoms with Crippen molar-refractivity contribution in [3.8, 4) is 5.75 Å². The van der Waals surface area contributed by atoms with Gasteiger partial charge in [0.05, 0.1) is 13.7 Å². The van der Waals surface area contributed by atoms with Crippen LogP contribution in [0.2, 0.25) is 0 Å². The first-order valence-electron chi connectivity index (χ1n) is 11.3. The van der Waals surface area contributed by atoms with E-state index < -0.39 is 0 Å². The number of hydrogen-bond acceptors (Lipinski definition) is 5. The number of nitrogens with one attached hydrogen (secondary N) is 2.